The van der Waals surface area contributed by atoms with Crippen molar-refractivity contribution in [3.8, 4) is 0 Å². The summed E-state index contributed by atoms with van der Waals surface area (Å²) in [5.41, 5.74) is 5.73. The van der Waals surface area contributed by atoms with Gasteiger partial charge in [0, 0.05) is 12.7 Å². The Kier molecular flexibility index (Phi) is 4.06. The summed E-state index contributed by atoms with van der Waals surface area (Å²) >= 11 is 2.21. The van der Waals surface area contributed by atoms with E-state index in [-0.39, 0.29) is 5.41 Å². The molecule has 0 fully saturated rings. The average molecular weight is 306 g/mol. The van der Waals surface area contributed by atoms with Gasteiger partial charge in [0.05, 0.1) is 3.57 Å². The molecular weight excluding hydrogens is 291 g/mol. The van der Waals surface area contributed by atoms with Gasteiger partial charge in [0.1, 0.15) is 12.1 Å². The third-order valence-electron chi connectivity index (χ3n) is 1.95. The van der Waals surface area contributed by atoms with Crippen LogP contribution < -0.4 is 11.1 Å². The Hall–Kier alpha value is -0.430. The summed E-state index contributed by atoms with van der Waals surface area (Å²) in [7, 11) is 0. The molecule has 4 nitrogen and oxygen atoms in total. The predicted molar refractivity (Wildman–Crippen MR) is 66.1 cm³/mol. The maximum Gasteiger partial charge on any atom is 0.142 e. The molecule has 1 aromatic heterocycles. The maximum absolute atomic E-state index is 5.63. The van der Waals surface area contributed by atoms with E-state index in [0.29, 0.717) is 6.54 Å². The van der Waals surface area contributed by atoms with Crippen molar-refractivity contribution in [2.75, 3.05) is 18.4 Å². The van der Waals surface area contributed by atoms with Gasteiger partial charge in [0.15, 0.2) is 0 Å². The number of hydrogen-bond acceptors (Lipinski definition) is 4. The Balaban J connectivity index is 2.58. The van der Waals surface area contributed by atoms with Crippen molar-refractivity contribution in [2.45, 2.75) is 13.8 Å². The molecular formula is C9H15IN4. The number of halogens is 1. The molecule has 1 rings (SSSR count). The van der Waals surface area contributed by atoms with Gasteiger partial charge < -0.3 is 11.1 Å². The fourth-order valence-electron chi connectivity index (χ4n) is 0.838. The smallest absolute Gasteiger partial charge is 0.142 e. The summed E-state index contributed by atoms with van der Waals surface area (Å²) in [5.74, 6) is 0.877. The molecule has 0 bridgehead atoms. The molecule has 1 heterocycles. The second-order valence-corrected chi connectivity index (χ2v) is 5.10. The highest BCUT2D eigenvalue weighted by Gasteiger charge is 2.15. The van der Waals surface area contributed by atoms with Crippen LogP contribution in [-0.2, 0) is 0 Å². The maximum atomic E-state index is 5.63. The third-order valence-corrected chi connectivity index (χ3v) is 2.74. The van der Waals surface area contributed by atoms with E-state index in [9.17, 15) is 0 Å². The van der Waals surface area contributed by atoms with Gasteiger partial charge in [-0.1, -0.05) is 13.8 Å². The van der Waals surface area contributed by atoms with Gasteiger partial charge in [-0.3, -0.25) is 0 Å². The number of anilines is 1. The highest BCUT2D eigenvalue weighted by atomic mass is 127. The lowest BCUT2D eigenvalue weighted by atomic mass is 9.94. The van der Waals surface area contributed by atoms with Crippen LogP contribution in [0.5, 0.6) is 0 Å². The van der Waals surface area contributed by atoms with Crippen LogP contribution >= 0.6 is 22.6 Å². The SMILES string of the molecule is CC(C)(CN)CNc1ncncc1I. The summed E-state index contributed by atoms with van der Waals surface area (Å²) in [4.78, 5) is 8.07. The lowest BCUT2D eigenvalue weighted by molar-refractivity contribution is 0.405. The molecule has 0 aliphatic rings. The van der Waals surface area contributed by atoms with Crippen molar-refractivity contribution in [1.29, 1.82) is 0 Å². The topological polar surface area (TPSA) is 63.8 Å². The molecule has 14 heavy (non-hydrogen) atoms. The van der Waals surface area contributed by atoms with Gasteiger partial charge in [0.25, 0.3) is 0 Å². The molecule has 0 saturated heterocycles. The van der Waals surface area contributed by atoms with Crippen LogP contribution in [0.15, 0.2) is 12.5 Å². The molecule has 0 amide bonds. The molecule has 0 radical (unpaired) electrons. The minimum atomic E-state index is 0.0913. The number of rotatable bonds is 4. The first kappa shape index (κ1) is 11.6. The standard InChI is InChI=1S/C9H15IN4/c1-9(2,4-11)5-13-8-7(10)3-12-6-14-8/h3,6H,4-5,11H2,1-2H3,(H,12,13,14). The van der Waals surface area contributed by atoms with Gasteiger partial charge >= 0.3 is 0 Å². The first-order valence-corrected chi connectivity index (χ1v) is 5.52. The van der Waals surface area contributed by atoms with E-state index in [4.69, 9.17) is 5.73 Å². The van der Waals surface area contributed by atoms with Gasteiger partial charge in [-0.25, -0.2) is 9.97 Å². The van der Waals surface area contributed by atoms with Crippen LogP contribution in [0.3, 0.4) is 0 Å². The van der Waals surface area contributed by atoms with E-state index < -0.39 is 0 Å². The van der Waals surface area contributed by atoms with E-state index >= 15 is 0 Å². The Labute approximate surface area is 97.8 Å². The molecule has 0 aromatic carbocycles. The van der Waals surface area contributed by atoms with Crippen LogP contribution in [0.1, 0.15) is 13.8 Å². The van der Waals surface area contributed by atoms with Crippen LogP contribution in [0, 0.1) is 8.99 Å². The van der Waals surface area contributed by atoms with Crippen molar-refractivity contribution in [3.63, 3.8) is 0 Å². The normalized spacial score (nSPS) is 11.4. The van der Waals surface area contributed by atoms with Crippen LogP contribution in [-0.4, -0.2) is 23.1 Å². The van der Waals surface area contributed by atoms with Crippen molar-refractivity contribution < 1.29 is 0 Å². The number of nitrogens with one attached hydrogen (secondary N) is 1. The van der Waals surface area contributed by atoms with Crippen molar-refractivity contribution in [1.82, 2.24) is 9.97 Å². The molecule has 78 valence electrons. The van der Waals surface area contributed by atoms with E-state index in [1.54, 1.807) is 12.5 Å². The highest BCUT2D eigenvalue weighted by Crippen LogP contribution is 2.17. The Bertz CT molecular complexity index is 301. The Morgan fingerprint density at radius 3 is 2.86 bits per heavy atom. The van der Waals surface area contributed by atoms with Gasteiger partial charge in [-0.2, -0.15) is 0 Å². The van der Waals surface area contributed by atoms with E-state index in [2.05, 4.69) is 51.7 Å². The number of nitrogens with zero attached hydrogens (tertiary/aromatic N) is 2. The molecule has 0 aliphatic heterocycles. The molecule has 0 unspecified atom stereocenters. The fourth-order valence-corrected chi connectivity index (χ4v) is 1.33. The van der Waals surface area contributed by atoms with E-state index in [1.165, 1.54) is 0 Å². The zero-order valence-corrected chi connectivity index (χ0v) is 10.6. The first-order valence-electron chi connectivity index (χ1n) is 4.44. The predicted octanol–water partition coefficient (Wildman–Crippen LogP) is 1.48. The Morgan fingerprint density at radius 1 is 1.57 bits per heavy atom. The van der Waals surface area contributed by atoms with E-state index in [1.807, 2.05) is 0 Å². The molecule has 0 saturated carbocycles. The minimum Gasteiger partial charge on any atom is -0.369 e. The van der Waals surface area contributed by atoms with E-state index in [0.717, 1.165) is 15.9 Å². The molecule has 0 aliphatic carbocycles. The van der Waals surface area contributed by atoms with Crippen LogP contribution in [0.4, 0.5) is 5.82 Å². The monoisotopic (exact) mass is 306 g/mol. The van der Waals surface area contributed by atoms with Crippen molar-refractivity contribution in [3.05, 3.63) is 16.1 Å². The lowest BCUT2D eigenvalue weighted by Crippen LogP contribution is -2.31. The quantitative estimate of drug-likeness (QED) is 0.827. The second kappa shape index (κ2) is 4.88. The first-order chi connectivity index (χ1) is 6.55. The van der Waals surface area contributed by atoms with Crippen LogP contribution in [0.25, 0.3) is 0 Å². The van der Waals surface area contributed by atoms with Gasteiger partial charge in [-0.15, -0.1) is 0 Å². The third kappa shape index (κ3) is 3.38. The lowest BCUT2D eigenvalue weighted by Gasteiger charge is -2.23. The highest BCUT2D eigenvalue weighted by molar-refractivity contribution is 14.1. The zero-order chi connectivity index (χ0) is 10.6. The molecule has 0 atom stereocenters. The molecule has 5 heteroatoms. The number of hydrogen-bond donors (Lipinski definition) is 2. The van der Waals surface area contributed by atoms with Crippen molar-refractivity contribution >= 4 is 28.4 Å². The average Bonchev–Trinajstić information content (AvgIpc) is 2.17. The summed E-state index contributed by atoms with van der Waals surface area (Å²) in [6.07, 6.45) is 3.32. The molecule has 1 aromatic rings. The zero-order valence-electron chi connectivity index (χ0n) is 8.42. The number of nitrogens with two attached hydrogens (primary N) is 1. The summed E-state index contributed by atoms with van der Waals surface area (Å²) in [6.45, 7) is 5.71. The fraction of sp³-hybridized carbons (Fsp3) is 0.556. The van der Waals surface area contributed by atoms with Gasteiger partial charge in [0.2, 0.25) is 0 Å². The molecule has 0 spiro atoms. The van der Waals surface area contributed by atoms with Gasteiger partial charge in [-0.05, 0) is 34.6 Å². The minimum absolute atomic E-state index is 0.0913. The molecule has 3 N–H and O–H groups in total. The summed E-state index contributed by atoms with van der Waals surface area (Å²) in [6, 6.07) is 0. The summed E-state index contributed by atoms with van der Waals surface area (Å²) < 4.78 is 1.03. The largest absolute Gasteiger partial charge is 0.369 e. The second-order valence-electron chi connectivity index (χ2n) is 3.94. The van der Waals surface area contributed by atoms with Crippen LogP contribution in [0.2, 0.25) is 0 Å². The van der Waals surface area contributed by atoms with Crippen molar-refractivity contribution in [2.24, 2.45) is 11.1 Å². The number of aromatic nitrogens is 2. The Morgan fingerprint density at radius 2 is 2.29 bits per heavy atom. The summed E-state index contributed by atoms with van der Waals surface area (Å²) in [5, 5.41) is 3.27.